The zero-order valence-corrected chi connectivity index (χ0v) is 21.3. The summed E-state index contributed by atoms with van der Waals surface area (Å²) in [6, 6.07) is 9.89. The average molecular weight is 514 g/mol. The van der Waals surface area contributed by atoms with Crippen LogP contribution in [0, 0.1) is 23.2 Å². The van der Waals surface area contributed by atoms with Crippen LogP contribution >= 0.6 is 12.4 Å². The van der Waals surface area contributed by atoms with Gasteiger partial charge in [-0.2, -0.15) is 4.98 Å². The van der Waals surface area contributed by atoms with E-state index in [4.69, 9.17) is 11.5 Å². The summed E-state index contributed by atoms with van der Waals surface area (Å²) in [5, 5.41) is 2.80. The van der Waals surface area contributed by atoms with Gasteiger partial charge in [0.1, 0.15) is 5.82 Å². The van der Waals surface area contributed by atoms with Gasteiger partial charge in [0, 0.05) is 45.0 Å². The van der Waals surface area contributed by atoms with Crippen molar-refractivity contribution in [1.29, 1.82) is 0 Å². The number of hydrogen-bond acceptors (Lipinski definition) is 6. The number of hydrogen-bond donors (Lipinski definition) is 3. The van der Waals surface area contributed by atoms with Gasteiger partial charge in [-0.05, 0) is 79.2 Å². The van der Waals surface area contributed by atoms with Crippen molar-refractivity contribution in [2.45, 2.75) is 38.3 Å². The number of anilines is 1. The number of piperidine rings is 2. The molecule has 5 N–H and O–H groups in total. The summed E-state index contributed by atoms with van der Waals surface area (Å²) in [4.78, 5) is 33.8. The number of aromatic nitrogens is 2. The Kier molecular flexibility index (Phi) is 6.84. The molecule has 9 nitrogen and oxygen atoms in total. The molecular weight excluding hydrogens is 478 g/mol. The van der Waals surface area contributed by atoms with Crippen molar-refractivity contribution in [3.63, 3.8) is 0 Å². The number of likely N-dealkylation sites (tertiary alicyclic amines) is 2. The number of carbonyl (C=O) groups excluding carboxylic acids is 1. The molecule has 6 rings (SSSR count). The number of rotatable bonds is 5. The monoisotopic (exact) mass is 513 g/mol. The molecule has 2 atom stereocenters. The summed E-state index contributed by atoms with van der Waals surface area (Å²) in [7, 11) is 0. The quantitative estimate of drug-likeness (QED) is 0.562. The van der Waals surface area contributed by atoms with Gasteiger partial charge < -0.3 is 16.4 Å². The van der Waals surface area contributed by atoms with E-state index in [1.165, 1.54) is 23.0 Å². The molecule has 3 heterocycles. The lowest BCUT2D eigenvalue weighted by Crippen LogP contribution is -2.50. The summed E-state index contributed by atoms with van der Waals surface area (Å²) in [5.74, 6) is 2.29. The molecule has 2 unspecified atom stereocenters. The molecule has 1 aromatic heterocycles. The predicted molar refractivity (Wildman–Crippen MR) is 141 cm³/mol. The molecule has 2 saturated heterocycles. The second-order valence-corrected chi connectivity index (χ2v) is 11.2. The maximum atomic E-state index is 12.7. The Morgan fingerprint density at radius 3 is 2.36 bits per heavy atom. The van der Waals surface area contributed by atoms with E-state index >= 15 is 0 Å². The molecule has 0 bridgehead atoms. The molecule has 10 heteroatoms. The second-order valence-electron chi connectivity index (χ2n) is 11.2. The van der Waals surface area contributed by atoms with Gasteiger partial charge >= 0.3 is 11.7 Å². The highest BCUT2D eigenvalue weighted by molar-refractivity contribution is 5.88. The molecular formula is C26H36ClN7O2. The molecule has 2 aliphatic heterocycles. The smallest absolute Gasteiger partial charge is 0.330 e. The van der Waals surface area contributed by atoms with Crippen molar-refractivity contribution in [3.05, 3.63) is 52.6 Å². The van der Waals surface area contributed by atoms with Crippen LogP contribution in [0.25, 0.3) is 5.69 Å². The van der Waals surface area contributed by atoms with Crippen LogP contribution in [-0.2, 0) is 6.54 Å². The molecule has 2 aliphatic carbocycles. The maximum absolute atomic E-state index is 12.7. The molecule has 36 heavy (non-hydrogen) atoms. The lowest BCUT2D eigenvalue weighted by molar-refractivity contribution is 0.00188. The van der Waals surface area contributed by atoms with E-state index in [0.29, 0.717) is 29.2 Å². The third kappa shape index (κ3) is 4.77. The zero-order valence-electron chi connectivity index (χ0n) is 20.5. The minimum atomic E-state index is -0.413. The summed E-state index contributed by atoms with van der Waals surface area (Å²) >= 11 is 0. The summed E-state index contributed by atoms with van der Waals surface area (Å²) < 4.78 is 1.50. The number of nitrogens with zero attached hydrogens (tertiary/aromatic N) is 4. The van der Waals surface area contributed by atoms with Gasteiger partial charge in [0.2, 0.25) is 0 Å². The molecule has 194 valence electrons. The highest BCUT2D eigenvalue weighted by atomic mass is 35.5. The molecule has 2 saturated carbocycles. The topological polar surface area (TPSA) is 123 Å². The number of halogens is 1. The molecule has 1 spiro atoms. The van der Waals surface area contributed by atoms with E-state index in [-0.39, 0.29) is 24.3 Å². The van der Waals surface area contributed by atoms with Gasteiger partial charge in [0.15, 0.2) is 0 Å². The number of nitrogens with one attached hydrogen (secondary N) is 1. The Labute approximate surface area is 217 Å². The first-order chi connectivity index (χ1) is 16.9. The fourth-order valence-electron chi connectivity index (χ4n) is 6.59. The fourth-order valence-corrected chi connectivity index (χ4v) is 6.59. The Hall–Kier alpha value is -2.46. The number of amides is 2. The van der Waals surface area contributed by atoms with Crippen LogP contribution in [0.2, 0.25) is 0 Å². The largest absolute Gasteiger partial charge is 0.354 e. The van der Waals surface area contributed by atoms with E-state index in [9.17, 15) is 9.59 Å². The Morgan fingerprint density at radius 1 is 1.08 bits per heavy atom. The minimum Gasteiger partial charge on any atom is -0.330 e. The van der Waals surface area contributed by atoms with Gasteiger partial charge in [-0.25, -0.2) is 9.59 Å². The molecule has 4 fully saturated rings. The summed E-state index contributed by atoms with van der Waals surface area (Å²) in [6.45, 7) is 5.30. The Morgan fingerprint density at radius 2 is 1.75 bits per heavy atom. The van der Waals surface area contributed by atoms with Crippen LogP contribution in [-0.4, -0.2) is 64.1 Å². The van der Waals surface area contributed by atoms with Crippen LogP contribution in [0.3, 0.4) is 0 Å². The third-order valence-corrected chi connectivity index (χ3v) is 8.88. The number of benzene rings is 1. The molecule has 2 aromatic rings. The SMILES string of the molecule is Cl.NCC1CC2(CCN(C(=O)Nc3ccn(-c4ccc(CN5CC6C(N)C6C5)cc4)c(=O)n3)CC2)C1. The van der Waals surface area contributed by atoms with E-state index in [2.05, 4.69) is 27.3 Å². The van der Waals surface area contributed by atoms with Crippen LogP contribution in [0.4, 0.5) is 10.6 Å². The Bertz CT molecular complexity index is 1140. The van der Waals surface area contributed by atoms with Crippen molar-refractivity contribution in [2.24, 2.45) is 34.6 Å². The first-order valence-electron chi connectivity index (χ1n) is 12.9. The Balaban J connectivity index is 0.00000267. The molecule has 1 aromatic carbocycles. The van der Waals surface area contributed by atoms with Crippen molar-refractivity contribution in [1.82, 2.24) is 19.4 Å². The maximum Gasteiger partial charge on any atom is 0.354 e. The van der Waals surface area contributed by atoms with Crippen LogP contribution in [0.1, 0.15) is 31.2 Å². The minimum absolute atomic E-state index is 0. The molecule has 0 radical (unpaired) electrons. The standard InChI is InChI=1S/C26H35N7O2.ClH/c27-13-18-11-26(12-18)6-9-32(10-7-26)24(34)29-22-5-8-33(25(35)30-22)19-3-1-17(2-4-19)14-31-15-20-21(16-31)23(20)28;/h1-5,8,18,20-21,23H,6-7,9-16,27-28H2,(H,29,30,34,35);1H. The van der Waals surface area contributed by atoms with Gasteiger partial charge in [-0.3, -0.25) is 14.8 Å². The highest BCUT2D eigenvalue weighted by Crippen LogP contribution is 2.52. The van der Waals surface area contributed by atoms with Gasteiger partial charge in [0.25, 0.3) is 0 Å². The number of carbonyl (C=O) groups is 1. The van der Waals surface area contributed by atoms with E-state index in [1.54, 1.807) is 12.3 Å². The van der Waals surface area contributed by atoms with Crippen molar-refractivity contribution in [3.8, 4) is 5.69 Å². The van der Waals surface area contributed by atoms with Crippen LogP contribution < -0.4 is 22.5 Å². The van der Waals surface area contributed by atoms with Gasteiger partial charge in [-0.1, -0.05) is 12.1 Å². The van der Waals surface area contributed by atoms with Crippen LogP contribution in [0.5, 0.6) is 0 Å². The van der Waals surface area contributed by atoms with Gasteiger partial charge in [-0.15, -0.1) is 12.4 Å². The third-order valence-electron chi connectivity index (χ3n) is 8.88. The van der Waals surface area contributed by atoms with Crippen molar-refractivity contribution < 1.29 is 4.79 Å². The number of nitrogens with two attached hydrogens (primary N) is 2. The average Bonchev–Trinajstić information content (AvgIpc) is 3.23. The first kappa shape index (κ1) is 25.2. The van der Waals surface area contributed by atoms with E-state index in [1.807, 2.05) is 17.0 Å². The zero-order chi connectivity index (χ0) is 24.2. The number of urea groups is 1. The van der Waals surface area contributed by atoms with Crippen LogP contribution in [0.15, 0.2) is 41.3 Å². The predicted octanol–water partition coefficient (Wildman–Crippen LogP) is 2.03. The normalized spacial score (nSPS) is 26.7. The lowest BCUT2D eigenvalue weighted by atomic mass is 9.57. The van der Waals surface area contributed by atoms with E-state index < -0.39 is 5.69 Å². The second kappa shape index (κ2) is 9.78. The van der Waals surface area contributed by atoms with E-state index in [0.717, 1.165) is 57.8 Å². The van der Waals surface area contributed by atoms with Crippen molar-refractivity contribution >= 4 is 24.3 Å². The van der Waals surface area contributed by atoms with Gasteiger partial charge in [0.05, 0.1) is 5.69 Å². The lowest BCUT2D eigenvalue weighted by Gasteiger charge is -2.52. The van der Waals surface area contributed by atoms with Crippen molar-refractivity contribution in [2.75, 3.05) is 38.0 Å². The summed E-state index contributed by atoms with van der Waals surface area (Å²) in [5.41, 5.74) is 13.8. The summed E-state index contributed by atoms with van der Waals surface area (Å²) in [6.07, 6.45) is 6.09. The first-order valence-corrected chi connectivity index (χ1v) is 12.9. The highest BCUT2D eigenvalue weighted by Gasteiger charge is 2.53. The fraction of sp³-hybridized carbons (Fsp3) is 0.577. The molecule has 4 aliphatic rings. The number of fused-ring (bicyclic) bond motifs is 1. The molecule has 2 amide bonds.